The molecule has 2 rings (SSSR count). The summed E-state index contributed by atoms with van der Waals surface area (Å²) in [6, 6.07) is 8.92. The van der Waals surface area contributed by atoms with Gasteiger partial charge in [-0.2, -0.15) is 0 Å². The largest absolute Gasteiger partial charge is 0.300 e. The second-order valence-corrected chi connectivity index (χ2v) is 7.15. The Morgan fingerprint density at radius 2 is 1.78 bits per heavy atom. The highest BCUT2D eigenvalue weighted by molar-refractivity contribution is 5.81. The SMILES string of the molecule is CC1(Cc2ccc(C(C)(C)C)cc2)CCC(=O)C1. The Morgan fingerprint density at radius 3 is 2.22 bits per heavy atom. The molecule has 18 heavy (non-hydrogen) atoms. The van der Waals surface area contributed by atoms with E-state index in [9.17, 15) is 4.79 Å². The molecule has 0 aromatic heterocycles. The highest BCUT2D eigenvalue weighted by Crippen LogP contribution is 2.38. The molecule has 98 valence electrons. The first-order valence-corrected chi connectivity index (χ1v) is 6.90. The van der Waals surface area contributed by atoms with Crippen LogP contribution in [-0.4, -0.2) is 5.78 Å². The summed E-state index contributed by atoms with van der Waals surface area (Å²) in [6.07, 6.45) is 3.61. The molecular formula is C17H24O. The summed E-state index contributed by atoms with van der Waals surface area (Å²) in [5, 5.41) is 0. The number of rotatable bonds is 2. The molecule has 1 aliphatic carbocycles. The smallest absolute Gasteiger partial charge is 0.133 e. The van der Waals surface area contributed by atoms with Crippen molar-refractivity contribution >= 4 is 5.78 Å². The van der Waals surface area contributed by atoms with E-state index in [2.05, 4.69) is 52.0 Å². The third-order valence-electron chi connectivity index (χ3n) is 4.08. The summed E-state index contributed by atoms with van der Waals surface area (Å²) < 4.78 is 0. The topological polar surface area (TPSA) is 17.1 Å². The minimum absolute atomic E-state index is 0.195. The summed E-state index contributed by atoms with van der Waals surface area (Å²) in [5.74, 6) is 0.434. The van der Waals surface area contributed by atoms with Crippen molar-refractivity contribution in [2.75, 3.05) is 0 Å². The quantitative estimate of drug-likeness (QED) is 0.758. The van der Waals surface area contributed by atoms with Gasteiger partial charge in [0.05, 0.1) is 0 Å². The van der Waals surface area contributed by atoms with Gasteiger partial charge in [0.25, 0.3) is 0 Å². The van der Waals surface area contributed by atoms with E-state index < -0.39 is 0 Å². The van der Waals surface area contributed by atoms with Gasteiger partial charge >= 0.3 is 0 Å². The second-order valence-electron chi connectivity index (χ2n) is 7.15. The van der Waals surface area contributed by atoms with Gasteiger partial charge in [-0.15, -0.1) is 0 Å². The Bertz CT molecular complexity index is 436. The predicted octanol–water partition coefficient (Wildman–Crippen LogP) is 4.29. The zero-order valence-electron chi connectivity index (χ0n) is 12.0. The lowest BCUT2D eigenvalue weighted by Crippen LogP contribution is -2.16. The zero-order chi connectivity index (χ0) is 13.4. The molecule has 1 atom stereocenters. The molecule has 1 heteroatoms. The van der Waals surface area contributed by atoms with Gasteiger partial charge in [-0.05, 0) is 34.8 Å². The molecule has 1 nitrogen and oxygen atoms in total. The van der Waals surface area contributed by atoms with Gasteiger partial charge in [0.1, 0.15) is 5.78 Å². The third-order valence-corrected chi connectivity index (χ3v) is 4.08. The van der Waals surface area contributed by atoms with Crippen LogP contribution in [0.2, 0.25) is 0 Å². The van der Waals surface area contributed by atoms with Crippen molar-refractivity contribution in [3.05, 3.63) is 35.4 Å². The van der Waals surface area contributed by atoms with Crippen molar-refractivity contribution in [3.8, 4) is 0 Å². The van der Waals surface area contributed by atoms with Gasteiger partial charge in [0, 0.05) is 12.8 Å². The van der Waals surface area contributed by atoms with E-state index in [0.29, 0.717) is 5.78 Å². The Hall–Kier alpha value is -1.11. The first kappa shape index (κ1) is 13.3. The first-order chi connectivity index (χ1) is 8.28. The van der Waals surface area contributed by atoms with E-state index in [1.165, 1.54) is 11.1 Å². The molecule has 1 saturated carbocycles. The normalized spacial score (nSPS) is 24.6. The molecule has 0 aliphatic heterocycles. The summed E-state index contributed by atoms with van der Waals surface area (Å²) in [5.41, 5.74) is 3.14. The summed E-state index contributed by atoms with van der Waals surface area (Å²) in [7, 11) is 0. The van der Waals surface area contributed by atoms with E-state index in [-0.39, 0.29) is 10.8 Å². The fourth-order valence-electron chi connectivity index (χ4n) is 2.86. The molecule has 0 N–H and O–H groups in total. The number of hydrogen-bond donors (Lipinski definition) is 0. The van der Waals surface area contributed by atoms with Gasteiger partial charge < -0.3 is 0 Å². The van der Waals surface area contributed by atoms with Gasteiger partial charge in [-0.3, -0.25) is 4.79 Å². The standard InChI is InChI=1S/C17H24O/c1-16(2,3)14-7-5-13(6-8-14)11-17(4)10-9-15(18)12-17/h5-8H,9-12H2,1-4H3. The van der Waals surface area contributed by atoms with E-state index in [4.69, 9.17) is 0 Å². The molecular weight excluding hydrogens is 220 g/mol. The minimum Gasteiger partial charge on any atom is -0.300 e. The van der Waals surface area contributed by atoms with Crippen molar-refractivity contribution in [3.63, 3.8) is 0 Å². The highest BCUT2D eigenvalue weighted by Gasteiger charge is 2.33. The second kappa shape index (κ2) is 4.53. The highest BCUT2D eigenvalue weighted by atomic mass is 16.1. The van der Waals surface area contributed by atoms with Crippen molar-refractivity contribution in [1.29, 1.82) is 0 Å². The van der Waals surface area contributed by atoms with Crippen LogP contribution in [0.25, 0.3) is 0 Å². The Morgan fingerprint density at radius 1 is 1.17 bits per heavy atom. The number of benzene rings is 1. The number of ketones is 1. The lowest BCUT2D eigenvalue weighted by Gasteiger charge is -2.24. The lowest BCUT2D eigenvalue weighted by molar-refractivity contribution is -0.117. The summed E-state index contributed by atoms with van der Waals surface area (Å²) >= 11 is 0. The maximum Gasteiger partial charge on any atom is 0.133 e. The molecule has 0 heterocycles. The monoisotopic (exact) mass is 244 g/mol. The molecule has 1 aromatic carbocycles. The predicted molar refractivity (Wildman–Crippen MR) is 75.8 cm³/mol. The Balaban J connectivity index is 2.09. The molecule has 0 bridgehead atoms. The van der Waals surface area contributed by atoms with Crippen LogP contribution in [-0.2, 0) is 16.6 Å². The van der Waals surface area contributed by atoms with Crippen LogP contribution in [0, 0.1) is 5.41 Å². The molecule has 0 saturated heterocycles. The van der Waals surface area contributed by atoms with Gasteiger partial charge in [0.15, 0.2) is 0 Å². The number of carbonyl (C=O) groups excluding carboxylic acids is 1. The van der Waals surface area contributed by atoms with Crippen LogP contribution in [0.15, 0.2) is 24.3 Å². The van der Waals surface area contributed by atoms with Gasteiger partial charge in [-0.25, -0.2) is 0 Å². The van der Waals surface area contributed by atoms with Crippen LogP contribution in [0.1, 0.15) is 58.1 Å². The van der Waals surface area contributed by atoms with Crippen molar-refractivity contribution in [2.24, 2.45) is 5.41 Å². The van der Waals surface area contributed by atoms with Gasteiger partial charge in [-0.1, -0.05) is 52.0 Å². The number of carbonyl (C=O) groups is 1. The molecule has 0 amide bonds. The van der Waals surface area contributed by atoms with Crippen molar-refractivity contribution < 1.29 is 4.79 Å². The molecule has 1 aliphatic rings. The molecule has 0 radical (unpaired) electrons. The molecule has 1 aromatic rings. The Kier molecular flexibility index (Phi) is 3.35. The van der Waals surface area contributed by atoms with Crippen LogP contribution >= 0.6 is 0 Å². The summed E-state index contributed by atoms with van der Waals surface area (Å²) in [4.78, 5) is 11.4. The third kappa shape index (κ3) is 3.01. The van der Waals surface area contributed by atoms with Crippen molar-refractivity contribution in [2.45, 2.75) is 58.8 Å². The Labute approximate surface area is 111 Å². The van der Waals surface area contributed by atoms with E-state index >= 15 is 0 Å². The van der Waals surface area contributed by atoms with Crippen LogP contribution in [0.4, 0.5) is 0 Å². The fraction of sp³-hybridized carbons (Fsp3) is 0.588. The molecule has 1 fully saturated rings. The van der Waals surface area contributed by atoms with E-state index in [0.717, 1.165) is 25.7 Å². The molecule has 1 unspecified atom stereocenters. The maximum atomic E-state index is 11.4. The van der Waals surface area contributed by atoms with Crippen molar-refractivity contribution in [1.82, 2.24) is 0 Å². The average molecular weight is 244 g/mol. The maximum absolute atomic E-state index is 11.4. The average Bonchev–Trinajstić information content (AvgIpc) is 2.58. The number of Topliss-reactive ketones (excluding diaryl/α,β-unsaturated/α-hetero) is 1. The lowest BCUT2D eigenvalue weighted by atomic mass is 9.81. The number of hydrogen-bond acceptors (Lipinski definition) is 1. The zero-order valence-corrected chi connectivity index (χ0v) is 12.0. The van der Waals surface area contributed by atoms with Crippen LogP contribution in [0.3, 0.4) is 0 Å². The minimum atomic E-state index is 0.195. The molecule has 0 spiro atoms. The first-order valence-electron chi connectivity index (χ1n) is 6.90. The van der Waals surface area contributed by atoms with E-state index in [1.54, 1.807) is 0 Å². The fourth-order valence-corrected chi connectivity index (χ4v) is 2.86. The van der Waals surface area contributed by atoms with E-state index in [1.807, 2.05) is 0 Å². The summed E-state index contributed by atoms with van der Waals surface area (Å²) in [6.45, 7) is 8.95. The van der Waals surface area contributed by atoms with Gasteiger partial charge in [0.2, 0.25) is 0 Å². The van der Waals surface area contributed by atoms with Crippen LogP contribution < -0.4 is 0 Å². The van der Waals surface area contributed by atoms with Crippen LogP contribution in [0.5, 0.6) is 0 Å².